The van der Waals surface area contributed by atoms with E-state index < -0.39 is 5.54 Å². The summed E-state index contributed by atoms with van der Waals surface area (Å²) in [5.74, 6) is 0.122. The summed E-state index contributed by atoms with van der Waals surface area (Å²) < 4.78 is 0. The SMILES string of the molecule is CCC1(C)NC(=O)CC(C)N(C2CCCCCC2)C1=O. The van der Waals surface area contributed by atoms with Gasteiger partial charge in [0.1, 0.15) is 5.54 Å². The minimum atomic E-state index is -0.728. The Morgan fingerprint density at radius 1 is 1.20 bits per heavy atom. The molecule has 2 amide bonds. The fourth-order valence-corrected chi connectivity index (χ4v) is 3.57. The van der Waals surface area contributed by atoms with Gasteiger partial charge in [-0.3, -0.25) is 9.59 Å². The van der Waals surface area contributed by atoms with Gasteiger partial charge in [-0.1, -0.05) is 32.6 Å². The van der Waals surface area contributed by atoms with Gasteiger partial charge < -0.3 is 10.2 Å². The zero-order chi connectivity index (χ0) is 14.8. The predicted molar refractivity (Wildman–Crippen MR) is 79.3 cm³/mol. The first-order valence-corrected chi connectivity index (χ1v) is 8.11. The smallest absolute Gasteiger partial charge is 0.248 e. The van der Waals surface area contributed by atoms with E-state index in [4.69, 9.17) is 0 Å². The molecule has 0 spiro atoms. The maximum absolute atomic E-state index is 13.0. The maximum Gasteiger partial charge on any atom is 0.248 e. The average Bonchev–Trinajstić information content (AvgIpc) is 2.70. The first-order chi connectivity index (χ1) is 9.48. The van der Waals surface area contributed by atoms with Gasteiger partial charge in [0.15, 0.2) is 0 Å². The zero-order valence-corrected chi connectivity index (χ0v) is 13.1. The Bertz CT molecular complexity index is 375. The van der Waals surface area contributed by atoms with Crippen molar-refractivity contribution in [2.45, 2.75) is 89.8 Å². The summed E-state index contributed by atoms with van der Waals surface area (Å²) in [6, 6.07) is 0.331. The first kappa shape index (κ1) is 15.3. The second-order valence-electron chi connectivity index (χ2n) is 6.64. The fraction of sp³-hybridized carbons (Fsp3) is 0.875. The van der Waals surface area contributed by atoms with Gasteiger partial charge in [-0.2, -0.15) is 0 Å². The Kier molecular flexibility index (Phi) is 4.71. The van der Waals surface area contributed by atoms with Crippen LogP contribution in [0.5, 0.6) is 0 Å². The molecule has 1 saturated heterocycles. The minimum Gasteiger partial charge on any atom is -0.342 e. The van der Waals surface area contributed by atoms with Crippen molar-refractivity contribution < 1.29 is 9.59 Å². The maximum atomic E-state index is 13.0. The van der Waals surface area contributed by atoms with E-state index in [1.807, 2.05) is 25.7 Å². The summed E-state index contributed by atoms with van der Waals surface area (Å²) in [5.41, 5.74) is -0.728. The summed E-state index contributed by atoms with van der Waals surface area (Å²) in [6.45, 7) is 5.86. The Morgan fingerprint density at radius 3 is 2.35 bits per heavy atom. The monoisotopic (exact) mass is 280 g/mol. The molecule has 20 heavy (non-hydrogen) atoms. The highest BCUT2D eigenvalue weighted by Gasteiger charge is 2.44. The topological polar surface area (TPSA) is 49.4 Å². The highest BCUT2D eigenvalue weighted by molar-refractivity contribution is 5.93. The molecule has 4 heteroatoms. The first-order valence-electron chi connectivity index (χ1n) is 8.11. The molecule has 2 aliphatic rings. The van der Waals surface area contributed by atoms with E-state index in [1.165, 1.54) is 25.7 Å². The molecule has 114 valence electrons. The predicted octanol–water partition coefficient (Wildman–Crippen LogP) is 2.61. The van der Waals surface area contributed by atoms with Crippen LogP contribution in [-0.2, 0) is 9.59 Å². The quantitative estimate of drug-likeness (QED) is 0.790. The van der Waals surface area contributed by atoms with Crippen LogP contribution in [0.2, 0.25) is 0 Å². The largest absolute Gasteiger partial charge is 0.342 e. The highest BCUT2D eigenvalue weighted by Crippen LogP contribution is 2.29. The summed E-state index contributed by atoms with van der Waals surface area (Å²) in [7, 11) is 0. The van der Waals surface area contributed by atoms with Crippen molar-refractivity contribution in [3.8, 4) is 0 Å². The molecule has 0 aromatic heterocycles. The number of nitrogens with one attached hydrogen (secondary N) is 1. The summed E-state index contributed by atoms with van der Waals surface area (Å²) in [4.78, 5) is 27.0. The van der Waals surface area contributed by atoms with E-state index >= 15 is 0 Å². The van der Waals surface area contributed by atoms with Crippen molar-refractivity contribution in [3.63, 3.8) is 0 Å². The normalized spacial score (nSPS) is 33.5. The third-order valence-corrected chi connectivity index (χ3v) is 5.00. The number of amides is 2. The van der Waals surface area contributed by atoms with Crippen molar-refractivity contribution in [2.75, 3.05) is 0 Å². The molecular weight excluding hydrogens is 252 g/mol. The molecule has 0 radical (unpaired) electrons. The molecule has 4 nitrogen and oxygen atoms in total. The molecule has 2 fully saturated rings. The lowest BCUT2D eigenvalue weighted by Crippen LogP contribution is -2.57. The van der Waals surface area contributed by atoms with Crippen molar-refractivity contribution in [1.29, 1.82) is 0 Å². The third kappa shape index (κ3) is 2.99. The van der Waals surface area contributed by atoms with Crippen LogP contribution in [0.3, 0.4) is 0 Å². The van der Waals surface area contributed by atoms with Crippen LogP contribution in [0.15, 0.2) is 0 Å². The third-order valence-electron chi connectivity index (χ3n) is 5.00. The van der Waals surface area contributed by atoms with Crippen LogP contribution < -0.4 is 5.32 Å². The van der Waals surface area contributed by atoms with E-state index in [9.17, 15) is 9.59 Å². The molecular formula is C16H28N2O2. The molecule has 1 saturated carbocycles. The number of carbonyl (C=O) groups excluding carboxylic acids is 2. The molecule has 1 N–H and O–H groups in total. The number of carbonyl (C=O) groups is 2. The van der Waals surface area contributed by atoms with E-state index in [-0.39, 0.29) is 17.9 Å². The highest BCUT2D eigenvalue weighted by atomic mass is 16.2. The minimum absolute atomic E-state index is 0.00585. The summed E-state index contributed by atoms with van der Waals surface area (Å²) >= 11 is 0. The summed E-state index contributed by atoms with van der Waals surface area (Å²) in [6.07, 6.45) is 8.19. The van der Waals surface area contributed by atoms with Gasteiger partial charge in [0, 0.05) is 18.5 Å². The zero-order valence-electron chi connectivity index (χ0n) is 13.1. The van der Waals surface area contributed by atoms with Gasteiger partial charge in [0.05, 0.1) is 0 Å². The summed E-state index contributed by atoms with van der Waals surface area (Å²) in [5, 5.41) is 2.94. The van der Waals surface area contributed by atoms with E-state index in [0.717, 1.165) is 12.8 Å². The van der Waals surface area contributed by atoms with Gasteiger partial charge in [0.25, 0.3) is 0 Å². The lowest BCUT2D eigenvalue weighted by atomic mass is 9.94. The molecule has 1 aliphatic heterocycles. The van der Waals surface area contributed by atoms with Gasteiger partial charge >= 0.3 is 0 Å². The Hall–Kier alpha value is -1.06. The van der Waals surface area contributed by atoms with Crippen molar-refractivity contribution in [2.24, 2.45) is 0 Å². The molecule has 2 unspecified atom stereocenters. The van der Waals surface area contributed by atoms with Crippen LogP contribution in [0.4, 0.5) is 0 Å². The average molecular weight is 280 g/mol. The van der Waals surface area contributed by atoms with E-state index in [0.29, 0.717) is 18.9 Å². The standard InChI is InChI=1S/C16H28N2O2/c1-4-16(3)15(20)18(12(2)11-14(19)17-16)13-9-7-5-6-8-10-13/h12-13H,4-11H2,1-3H3,(H,17,19). The van der Waals surface area contributed by atoms with Crippen LogP contribution in [0.25, 0.3) is 0 Å². The molecule has 1 aliphatic carbocycles. The van der Waals surface area contributed by atoms with Crippen molar-refractivity contribution in [1.82, 2.24) is 10.2 Å². The van der Waals surface area contributed by atoms with Gasteiger partial charge in [-0.15, -0.1) is 0 Å². The number of hydrogen-bond donors (Lipinski definition) is 1. The van der Waals surface area contributed by atoms with E-state index in [1.54, 1.807) is 0 Å². The molecule has 0 aromatic carbocycles. The van der Waals surface area contributed by atoms with Crippen molar-refractivity contribution >= 4 is 11.8 Å². The Morgan fingerprint density at radius 2 is 1.80 bits per heavy atom. The van der Waals surface area contributed by atoms with Crippen LogP contribution in [0, 0.1) is 0 Å². The molecule has 2 rings (SSSR count). The Labute approximate surface area is 122 Å². The second-order valence-corrected chi connectivity index (χ2v) is 6.64. The van der Waals surface area contributed by atoms with E-state index in [2.05, 4.69) is 5.32 Å². The number of nitrogens with zero attached hydrogens (tertiary/aromatic N) is 1. The Balaban J connectivity index is 2.27. The second kappa shape index (κ2) is 6.15. The molecule has 1 heterocycles. The lowest BCUT2D eigenvalue weighted by molar-refractivity contribution is -0.142. The van der Waals surface area contributed by atoms with Gasteiger partial charge in [0.2, 0.25) is 11.8 Å². The van der Waals surface area contributed by atoms with Crippen LogP contribution in [0.1, 0.15) is 72.1 Å². The molecule has 0 aromatic rings. The van der Waals surface area contributed by atoms with Gasteiger partial charge in [-0.05, 0) is 33.1 Å². The number of hydrogen-bond acceptors (Lipinski definition) is 2. The van der Waals surface area contributed by atoms with Crippen molar-refractivity contribution in [3.05, 3.63) is 0 Å². The molecule has 0 bridgehead atoms. The molecule has 2 atom stereocenters. The fourth-order valence-electron chi connectivity index (χ4n) is 3.57. The van der Waals surface area contributed by atoms with Gasteiger partial charge in [-0.25, -0.2) is 0 Å². The number of rotatable bonds is 2. The van der Waals surface area contributed by atoms with Crippen LogP contribution >= 0.6 is 0 Å². The van der Waals surface area contributed by atoms with Crippen LogP contribution in [-0.4, -0.2) is 34.3 Å². The lowest BCUT2D eigenvalue weighted by Gasteiger charge is -2.39.